The number of hydrogen-bond acceptors (Lipinski definition) is 5. The fourth-order valence-corrected chi connectivity index (χ4v) is 4.08. The van der Waals surface area contributed by atoms with Gasteiger partial charge in [0, 0.05) is 23.5 Å². The van der Waals surface area contributed by atoms with E-state index in [1.807, 2.05) is 6.07 Å². The first-order chi connectivity index (χ1) is 12.2. The van der Waals surface area contributed by atoms with E-state index >= 15 is 0 Å². The van der Waals surface area contributed by atoms with E-state index < -0.39 is 0 Å². The van der Waals surface area contributed by atoms with E-state index in [1.165, 1.54) is 23.5 Å². The molecule has 2 aromatic rings. The van der Waals surface area contributed by atoms with Gasteiger partial charge in [-0.15, -0.1) is 11.3 Å². The van der Waals surface area contributed by atoms with Crippen LogP contribution in [0.25, 0.3) is 0 Å². The lowest BCUT2D eigenvalue weighted by molar-refractivity contribution is 0.181. The molecule has 6 heteroatoms. The smallest absolute Gasteiger partial charge is 0.101 e. The van der Waals surface area contributed by atoms with E-state index in [0.29, 0.717) is 16.5 Å². The van der Waals surface area contributed by atoms with Crippen molar-refractivity contribution in [1.82, 2.24) is 9.88 Å². The lowest BCUT2D eigenvalue weighted by atomic mass is 9.96. The summed E-state index contributed by atoms with van der Waals surface area (Å²) in [6.45, 7) is 6.21. The largest absolute Gasteiger partial charge is 0.384 e. The van der Waals surface area contributed by atoms with E-state index in [1.54, 1.807) is 23.5 Å². The summed E-state index contributed by atoms with van der Waals surface area (Å²) in [4.78, 5) is 7.16. The minimum atomic E-state index is 0.628. The number of halogens is 1. The Bertz CT molecular complexity index is 744. The fraction of sp³-hybridized carbons (Fsp3) is 0.474. The molecule has 3 rings (SSSR count). The highest BCUT2D eigenvalue weighted by atomic mass is 35.5. The number of rotatable bonds is 6. The molecule has 1 aromatic heterocycles. The second kappa shape index (κ2) is 8.66. The first kappa shape index (κ1) is 18.2. The van der Waals surface area contributed by atoms with Gasteiger partial charge in [-0.1, -0.05) is 18.5 Å². The van der Waals surface area contributed by atoms with Crippen LogP contribution >= 0.6 is 22.9 Å². The molecule has 1 aliphatic rings. The van der Waals surface area contributed by atoms with Gasteiger partial charge in [0.2, 0.25) is 0 Å². The van der Waals surface area contributed by atoms with Crippen LogP contribution in [0.1, 0.15) is 36.0 Å². The van der Waals surface area contributed by atoms with Crippen LogP contribution in [0.3, 0.4) is 0 Å². The van der Waals surface area contributed by atoms with E-state index in [4.69, 9.17) is 11.6 Å². The zero-order valence-electron chi connectivity index (χ0n) is 14.5. The number of aryl methyl sites for hydroxylation is 1. The number of anilines is 1. The molecule has 0 aliphatic carbocycles. The molecule has 25 heavy (non-hydrogen) atoms. The number of benzene rings is 1. The van der Waals surface area contributed by atoms with Crippen molar-refractivity contribution in [2.24, 2.45) is 5.92 Å². The Morgan fingerprint density at radius 3 is 2.88 bits per heavy atom. The van der Waals surface area contributed by atoms with E-state index in [0.717, 1.165) is 38.3 Å². The van der Waals surface area contributed by atoms with Crippen LogP contribution in [-0.4, -0.2) is 29.5 Å². The van der Waals surface area contributed by atoms with Crippen LogP contribution in [0, 0.1) is 17.2 Å². The molecule has 1 saturated heterocycles. The fourth-order valence-electron chi connectivity index (χ4n) is 3.18. The number of nitriles is 1. The molecule has 0 bridgehead atoms. The van der Waals surface area contributed by atoms with Crippen LogP contribution in [-0.2, 0) is 13.0 Å². The number of thiazole rings is 1. The molecule has 4 nitrogen and oxygen atoms in total. The molecule has 1 N–H and O–H groups in total. The SMILES string of the molecule is CCc1nc(CN2CCC(CNc3cc(Cl)ccc3C#N)CC2)cs1. The van der Waals surface area contributed by atoms with Crippen molar-refractivity contribution in [2.75, 3.05) is 25.0 Å². The highest BCUT2D eigenvalue weighted by molar-refractivity contribution is 7.09. The maximum absolute atomic E-state index is 9.20. The summed E-state index contributed by atoms with van der Waals surface area (Å²) < 4.78 is 0. The first-order valence-corrected chi connectivity index (χ1v) is 10.0. The second-order valence-corrected chi connectivity index (χ2v) is 7.87. The van der Waals surface area contributed by atoms with Gasteiger partial charge < -0.3 is 5.32 Å². The minimum absolute atomic E-state index is 0.628. The van der Waals surface area contributed by atoms with E-state index in [2.05, 4.69) is 33.6 Å². The third kappa shape index (κ3) is 4.94. The maximum Gasteiger partial charge on any atom is 0.101 e. The van der Waals surface area contributed by atoms with Crippen LogP contribution in [0.2, 0.25) is 5.02 Å². The average molecular weight is 375 g/mol. The Morgan fingerprint density at radius 1 is 1.40 bits per heavy atom. The van der Waals surface area contributed by atoms with E-state index in [9.17, 15) is 5.26 Å². The molecular weight excluding hydrogens is 352 g/mol. The highest BCUT2D eigenvalue weighted by Crippen LogP contribution is 2.24. The van der Waals surface area contributed by atoms with Crippen LogP contribution in [0.5, 0.6) is 0 Å². The Hall–Kier alpha value is -1.61. The van der Waals surface area contributed by atoms with Gasteiger partial charge in [-0.05, 0) is 56.5 Å². The molecular formula is C19H23ClN4S. The van der Waals surface area contributed by atoms with Gasteiger partial charge in [-0.2, -0.15) is 5.26 Å². The lowest BCUT2D eigenvalue weighted by Gasteiger charge is -2.31. The number of aromatic nitrogens is 1. The zero-order valence-corrected chi connectivity index (χ0v) is 16.0. The second-order valence-electron chi connectivity index (χ2n) is 6.49. The molecule has 1 fully saturated rings. The topological polar surface area (TPSA) is 52.0 Å². The van der Waals surface area contributed by atoms with Gasteiger partial charge in [0.25, 0.3) is 0 Å². The average Bonchev–Trinajstić information content (AvgIpc) is 3.09. The van der Waals surface area contributed by atoms with Crippen molar-refractivity contribution in [1.29, 1.82) is 5.26 Å². The molecule has 0 spiro atoms. The number of nitrogens with zero attached hydrogens (tertiary/aromatic N) is 3. The minimum Gasteiger partial charge on any atom is -0.384 e. The summed E-state index contributed by atoms with van der Waals surface area (Å²) in [7, 11) is 0. The molecule has 0 amide bonds. The quantitative estimate of drug-likeness (QED) is 0.805. The number of hydrogen-bond donors (Lipinski definition) is 1. The van der Waals surface area contributed by atoms with Crippen molar-refractivity contribution in [3.63, 3.8) is 0 Å². The van der Waals surface area contributed by atoms with Crippen molar-refractivity contribution in [3.05, 3.63) is 44.9 Å². The summed E-state index contributed by atoms with van der Waals surface area (Å²) in [5.74, 6) is 0.628. The Balaban J connectivity index is 1.46. The summed E-state index contributed by atoms with van der Waals surface area (Å²) in [5, 5.41) is 16.7. The van der Waals surface area contributed by atoms with Crippen LogP contribution in [0.15, 0.2) is 23.6 Å². The number of nitrogens with one attached hydrogen (secondary N) is 1. The maximum atomic E-state index is 9.20. The predicted octanol–water partition coefficient (Wildman–Crippen LogP) is 4.55. The van der Waals surface area contributed by atoms with Gasteiger partial charge in [0.1, 0.15) is 6.07 Å². The van der Waals surface area contributed by atoms with Crippen LogP contribution in [0.4, 0.5) is 5.69 Å². The summed E-state index contributed by atoms with van der Waals surface area (Å²) in [6, 6.07) is 7.58. The molecule has 0 atom stereocenters. The third-order valence-electron chi connectivity index (χ3n) is 4.68. The Kier molecular flexibility index (Phi) is 6.30. The Morgan fingerprint density at radius 2 is 2.20 bits per heavy atom. The van der Waals surface area contributed by atoms with Gasteiger partial charge in [0.05, 0.1) is 22.0 Å². The first-order valence-electron chi connectivity index (χ1n) is 8.77. The van der Waals surface area contributed by atoms with Crippen molar-refractivity contribution >= 4 is 28.6 Å². The molecule has 1 aromatic carbocycles. The normalized spacial score (nSPS) is 15.9. The highest BCUT2D eigenvalue weighted by Gasteiger charge is 2.20. The molecule has 0 saturated carbocycles. The van der Waals surface area contributed by atoms with E-state index in [-0.39, 0.29) is 0 Å². The van der Waals surface area contributed by atoms with Crippen molar-refractivity contribution < 1.29 is 0 Å². The van der Waals surface area contributed by atoms with Gasteiger partial charge in [-0.3, -0.25) is 4.90 Å². The van der Waals surface area contributed by atoms with Crippen LogP contribution < -0.4 is 5.32 Å². The van der Waals surface area contributed by atoms with Crippen molar-refractivity contribution in [2.45, 2.75) is 32.7 Å². The number of piperidine rings is 1. The summed E-state index contributed by atoms with van der Waals surface area (Å²) in [6.07, 6.45) is 3.35. The molecule has 1 aliphatic heterocycles. The standard InChI is InChI=1S/C19H23ClN4S/c1-2-19-23-17(13-25-19)12-24-7-5-14(6-8-24)11-22-18-9-16(20)4-3-15(18)10-21/h3-4,9,13-14,22H,2,5-8,11-12H2,1H3. The summed E-state index contributed by atoms with van der Waals surface area (Å²) >= 11 is 7.81. The molecule has 132 valence electrons. The van der Waals surface area contributed by atoms with Gasteiger partial charge in [0.15, 0.2) is 0 Å². The molecule has 0 unspecified atom stereocenters. The third-order valence-corrected chi connectivity index (χ3v) is 5.95. The lowest BCUT2D eigenvalue weighted by Crippen LogP contribution is -2.35. The Labute approximate surface area is 158 Å². The molecule has 2 heterocycles. The predicted molar refractivity (Wildman–Crippen MR) is 104 cm³/mol. The monoisotopic (exact) mass is 374 g/mol. The van der Waals surface area contributed by atoms with Gasteiger partial charge in [-0.25, -0.2) is 4.98 Å². The zero-order chi connectivity index (χ0) is 17.6. The number of likely N-dealkylation sites (tertiary alicyclic amines) is 1. The molecule has 0 radical (unpaired) electrons. The van der Waals surface area contributed by atoms with Gasteiger partial charge >= 0.3 is 0 Å². The summed E-state index contributed by atoms with van der Waals surface area (Å²) in [5.41, 5.74) is 2.69. The van der Waals surface area contributed by atoms with Crippen molar-refractivity contribution in [3.8, 4) is 6.07 Å².